The first kappa shape index (κ1) is 13.5. The third kappa shape index (κ3) is 2.55. The minimum Gasteiger partial charge on any atom is -0.485 e. The highest BCUT2D eigenvalue weighted by atomic mass is 79.9. The van der Waals surface area contributed by atoms with Crippen LogP contribution in [0.25, 0.3) is 0 Å². The van der Waals surface area contributed by atoms with Gasteiger partial charge in [-0.3, -0.25) is 0 Å². The molecular weight excluding hydrogens is 314 g/mol. The standard InChI is InChI=1S/C17H18BrNO/c1-11-9-17(14(18)10-15(11)19)20-16-8-4-6-12-5-2-3-7-13(12)16/h2-3,5,7,9-10,16H,4,6,8,19H2,1H3. The third-order valence-corrected chi connectivity index (χ3v) is 4.52. The molecule has 104 valence electrons. The first-order chi connectivity index (χ1) is 9.65. The number of benzene rings is 2. The molecule has 20 heavy (non-hydrogen) atoms. The minimum atomic E-state index is 0.138. The molecule has 2 nitrogen and oxygen atoms in total. The molecule has 2 N–H and O–H groups in total. The summed E-state index contributed by atoms with van der Waals surface area (Å²) in [6, 6.07) is 12.5. The van der Waals surface area contributed by atoms with E-state index < -0.39 is 0 Å². The number of aryl methyl sites for hydroxylation is 2. The van der Waals surface area contributed by atoms with Crippen molar-refractivity contribution in [2.45, 2.75) is 32.3 Å². The van der Waals surface area contributed by atoms with Gasteiger partial charge >= 0.3 is 0 Å². The summed E-state index contributed by atoms with van der Waals surface area (Å²) in [4.78, 5) is 0. The van der Waals surface area contributed by atoms with Gasteiger partial charge in [0.1, 0.15) is 11.9 Å². The maximum absolute atomic E-state index is 6.25. The van der Waals surface area contributed by atoms with Gasteiger partial charge in [0, 0.05) is 5.69 Å². The van der Waals surface area contributed by atoms with Crippen LogP contribution < -0.4 is 10.5 Å². The Kier molecular flexibility index (Phi) is 3.70. The molecule has 0 aliphatic heterocycles. The Balaban J connectivity index is 1.91. The molecule has 0 radical (unpaired) electrons. The van der Waals surface area contributed by atoms with Gasteiger partial charge in [0.25, 0.3) is 0 Å². The van der Waals surface area contributed by atoms with Gasteiger partial charge < -0.3 is 10.5 Å². The van der Waals surface area contributed by atoms with E-state index in [9.17, 15) is 0 Å². The van der Waals surface area contributed by atoms with Crippen LogP contribution in [-0.2, 0) is 6.42 Å². The Labute approximate surface area is 128 Å². The fraction of sp³-hybridized carbons (Fsp3) is 0.294. The molecule has 0 spiro atoms. The average molecular weight is 332 g/mol. The Hall–Kier alpha value is -1.48. The topological polar surface area (TPSA) is 35.2 Å². The molecule has 0 saturated carbocycles. The smallest absolute Gasteiger partial charge is 0.134 e. The molecule has 0 bridgehead atoms. The predicted molar refractivity (Wildman–Crippen MR) is 86.0 cm³/mol. The number of nitrogens with two attached hydrogens (primary N) is 1. The molecule has 2 aromatic rings. The summed E-state index contributed by atoms with van der Waals surface area (Å²) in [6.07, 6.45) is 3.53. The number of halogens is 1. The molecule has 1 unspecified atom stereocenters. The number of nitrogen functional groups attached to an aromatic ring is 1. The lowest BCUT2D eigenvalue weighted by molar-refractivity contribution is 0.182. The Morgan fingerprint density at radius 2 is 2.05 bits per heavy atom. The fourth-order valence-corrected chi connectivity index (χ4v) is 3.20. The van der Waals surface area contributed by atoms with Gasteiger partial charge in [-0.05, 0) is 70.9 Å². The van der Waals surface area contributed by atoms with Crippen molar-refractivity contribution >= 4 is 21.6 Å². The first-order valence-corrected chi connectivity index (χ1v) is 7.74. The average Bonchev–Trinajstić information content (AvgIpc) is 2.45. The van der Waals surface area contributed by atoms with E-state index in [2.05, 4.69) is 40.2 Å². The molecule has 3 rings (SSSR count). The number of hydrogen-bond acceptors (Lipinski definition) is 2. The zero-order valence-corrected chi connectivity index (χ0v) is 13.1. The molecule has 1 aliphatic carbocycles. The van der Waals surface area contributed by atoms with E-state index in [0.29, 0.717) is 0 Å². The van der Waals surface area contributed by atoms with E-state index in [4.69, 9.17) is 10.5 Å². The van der Waals surface area contributed by atoms with Gasteiger partial charge in [0.2, 0.25) is 0 Å². The van der Waals surface area contributed by atoms with E-state index in [-0.39, 0.29) is 6.10 Å². The zero-order chi connectivity index (χ0) is 14.1. The second-order valence-corrected chi connectivity index (χ2v) is 6.19. The quantitative estimate of drug-likeness (QED) is 0.802. The first-order valence-electron chi connectivity index (χ1n) is 6.95. The van der Waals surface area contributed by atoms with Crippen molar-refractivity contribution in [3.05, 3.63) is 57.6 Å². The SMILES string of the molecule is Cc1cc(OC2CCCc3ccccc32)c(Br)cc1N. The second kappa shape index (κ2) is 5.49. The van der Waals surface area contributed by atoms with Crippen LogP contribution in [0.5, 0.6) is 5.75 Å². The van der Waals surface area contributed by atoms with Crippen molar-refractivity contribution in [1.82, 2.24) is 0 Å². The Morgan fingerprint density at radius 3 is 2.90 bits per heavy atom. The van der Waals surface area contributed by atoms with Crippen molar-refractivity contribution in [2.24, 2.45) is 0 Å². The molecule has 0 aromatic heterocycles. The molecule has 3 heteroatoms. The number of rotatable bonds is 2. The molecule has 0 fully saturated rings. The highest BCUT2D eigenvalue weighted by Crippen LogP contribution is 2.37. The van der Waals surface area contributed by atoms with Crippen LogP contribution >= 0.6 is 15.9 Å². The third-order valence-electron chi connectivity index (χ3n) is 3.90. The normalized spacial score (nSPS) is 17.6. The maximum Gasteiger partial charge on any atom is 0.134 e. The van der Waals surface area contributed by atoms with Gasteiger partial charge in [-0.25, -0.2) is 0 Å². The van der Waals surface area contributed by atoms with E-state index in [1.54, 1.807) is 0 Å². The van der Waals surface area contributed by atoms with Gasteiger partial charge in [0.05, 0.1) is 4.47 Å². The molecular formula is C17H18BrNO. The maximum atomic E-state index is 6.25. The molecule has 0 amide bonds. The lowest BCUT2D eigenvalue weighted by Crippen LogP contribution is -2.15. The van der Waals surface area contributed by atoms with Crippen LogP contribution in [0.1, 0.15) is 35.6 Å². The number of anilines is 1. The summed E-state index contributed by atoms with van der Waals surface area (Å²) in [7, 11) is 0. The largest absolute Gasteiger partial charge is 0.485 e. The minimum absolute atomic E-state index is 0.138. The van der Waals surface area contributed by atoms with Crippen molar-refractivity contribution in [3.8, 4) is 5.75 Å². The molecule has 0 heterocycles. The van der Waals surface area contributed by atoms with Gasteiger partial charge in [-0.2, -0.15) is 0 Å². The van der Waals surface area contributed by atoms with E-state index in [1.165, 1.54) is 17.5 Å². The lowest BCUT2D eigenvalue weighted by atomic mass is 9.89. The van der Waals surface area contributed by atoms with Crippen molar-refractivity contribution < 1.29 is 4.74 Å². The molecule has 0 saturated heterocycles. The summed E-state index contributed by atoms with van der Waals surface area (Å²) in [5.41, 5.74) is 10.5. The summed E-state index contributed by atoms with van der Waals surface area (Å²) in [5, 5.41) is 0. The number of hydrogen-bond donors (Lipinski definition) is 1. The van der Waals surface area contributed by atoms with E-state index in [0.717, 1.165) is 34.3 Å². The zero-order valence-electron chi connectivity index (χ0n) is 11.5. The number of fused-ring (bicyclic) bond motifs is 1. The van der Waals surface area contributed by atoms with Crippen LogP contribution in [0, 0.1) is 6.92 Å². The van der Waals surface area contributed by atoms with Crippen LogP contribution in [0.2, 0.25) is 0 Å². The summed E-state index contributed by atoms with van der Waals surface area (Å²) >= 11 is 3.54. The summed E-state index contributed by atoms with van der Waals surface area (Å²) < 4.78 is 7.17. The van der Waals surface area contributed by atoms with Crippen LogP contribution in [-0.4, -0.2) is 0 Å². The van der Waals surface area contributed by atoms with E-state index >= 15 is 0 Å². The fourth-order valence-electron chi connectivity index (χ4n) is 2.75. The van der Waals surface area contributed by atoms with Gasteiger partial charge in [0.15, 0.2) is 0 Å². The van der Waals surface area contributed by atoms with Crippen molar-refractivity contribution in [1.29, 1.82) is 0 Å². The lowest BCUT2D eigenvalue weighted by Gasteiger charge is -2.27. The van der Waals surface area contributed by atoms with Crippen molar-refractivity contribution in [2.75, 3.05) is 5.73 Å². The highest BCUT2D eigenvalue weighted by Gasteiger charge is 2.22. The molecule has 2 aromatic carbocycles. The Morgan fingerprint density at radius 1 is 1.25 bits per heavy atom. The highest BCUT2D eigenvalue weighted by molar-refractivity contribution is 9.10. The summed E-state index contributed by atoms with van der Waals surface area (Å²) in [6.45, 7) is 2.00. The van der Waals surface area contributed by atoms with Gasteiger partial charge in [-0.1, -0.05) is 24.3 Å². The van der Waals surface area contributed by atoms with Gasteiger partial charge in [-0.15, -0.1) is 0 Å². The monoisotopic (exact) mass is 331 g/mol. The molecule has 1 aliphatic rings. The predicted octanol–water partition coefficient (Wildman–Crippen LogP) is 4.80. The van der Waals surface area contributed by atoms with Crippen molar-refractivity contribution in [3.63, 3.8) is 0 Å². The second-order valence-electron chi connectivity index (χ2n) is 5.34. The number of ether oxygens (including phenoxy) is 1. The van der Waals surface area contributed by atoms with Crippen LogP contribution in [0.3, 0.4) is 0 Å². The van der Waals surface area contributed by atoms with Crippen LogP contribution in [0.4, 0.5) is 5.69 Å². The van der Waals surface area contributed by atoms with Crippen LogP contribution in [0.15, 0.2) is 40.9 Å². The molecule has 1 atom stereocenters. The van der Waals surface area contributed by atoms with E-state index in [1.807, 2.05) is 19.1 Å². The Bertz CT molecular complexity index is 639. The summed E-state index contributed by atoms with van der Waals surface area (Å²) in [5.74, 6) is 0.874.